The molecule has 2 aromatic rings. The number of carbonyl (C=O) groups is 2. The van der Waals surface area contributed by atoms with E-state index < -0.39 is 0 Å². The number of carbonyl (C=O) groups excluding carboxylic acids is 2. The Hall–Kier alpha value is -2.21. The summed E-state index contributed by atoms with van der Waals surface area (Å²) in [5.41, 5.74) is 1.59. The van der Waals surface area contributed by atoms with E-state index in [1.165, 1.54) is 30.4 Å². The number of benzene rings is 1. The lowest BCUT2D eigenvalue weighted by Gasteiger charge is -2.18. The van der Waals surface area contributed by atoms with E-state index in [1.54, 1.807) is 23.6 Å². The molecule has 126 valence electrons. The van der Waals surface area contributed by atoms with E-state index >= 15 is 0 Å². The summed E-state index contributed by atoms with van der Waals surface area (Å²) >= 11 is 1.29. The average molecular weight is 346 g/mol. The zero-order valence-electron chi connectivity index (χ0n) is 13.4. The van der Waals surface area contributed by atoms with Crippen molar-refractivity contribution in [1.82, 2.24) is 5.32 Å². The van der Waals surface area contributed by atoms with Crippen molar-refractivity contribution in [1.29, 1.82) is 0 Å². The van der Waals surface area contributed by atoms with Gasteiger partial charge < -0.3 is 10.2 Å². The van der Waals surface area contributed by atoms with Crippen LogP contribution >= 0.6 is 11.3 Å². The van der Waals surface area contributed by atoms with Gasteiger partial charge in [-0.3, -0.25) is 9.59 Å². The van der Waals surface area contributed by atoms with Crippen LogP contribution in [0.3, 0.4) is 0 Å². The number of ketones is 1. The van der Waals surface area contributed by atoms with Gasteiger partial charge >= 0.3 is 0 Å². The number of Topliss-reactive ketones (excluding diaryl/α,β-unsaturated/α-hetero) is 1. The first-order valence-corrected chi connectivity index (χ1v) is 8.79. The standard InChI is InChI=1S/C18H19FN2O2S/c1-12(22)14-8-17(24-11-14)18(23)20-9-13-6-7-21(10-13)16-4-2-15(19)3-5-16/h2-5,8,11,13H,6-7,9-10H2,1H3,(H,20,23). The maximum absolute atomic E-state index is 13.0. The molecule has 0 aliphatic carbocycles. The molecular formula is C18H19FN2O2S. The third kappa shape index (κ3) is 3.82. The van der Waals surface area contributed by atoms with E-state index in [0.717, 1.165) is 25.2 Å². The number of thiophene rings is 1. The second kappa shape index (κ2) is 7.13. The highest BCUT2D eigenvalue weighted by Crippen LogP contribution is 2.24. The minimum atomic E-state index is -0.234. The molecule has 1 atom stereocenters. The predicted octanol–water partition coefficient (Wildman–Crippen LogP) is 3.35. The summed E-state index contributed by atoms with van der Waals surface area (Å²) in [6, 6.07) is 8.14. The largest absolute Gasteiger partial charge is 0.371 e. The minimum absolute atomic E-state index is 0.0315. The third-order valence-electron chi connectivity index (χ3n) is 4.26. The Bertz CT molecular complexity index is 742. The van der Waals surface area contributed by atoms with Gasteiger partial charge in [0.05, 0.1) is 4.88 Å². The fraction of sp³-hybridized carbons (Fsp3) is 0.333. The van der Waals surface area contributed by atoms with Gasteiger partial charge in [0.1, 0.15) is 5.82 Å². The van der Waals surface area contributed by atoms with Crippen LogP contribution in [0, 0.1) is 11.7 Å². The van der Waals surface area contributed by atoms with E-state index in [4.69, 9.17) is 0 Å². The van der Waals surface area contributed by atoms with Crippen molar-refractivity contribution in [2.75, 3.05) is 24.5 Å². The summed E-state index contributed by atoms with van der Waals surface area (Å²) in [5, 5.41) is 4.66. The van der Waals surface area contributed by atoms with E-state index in [9.17, 15) is 14.0 Å². The van der Waals surface area contributed by atoms with Gasteiger partial charge in [0.25, 0.3) is 5.91 Å². The van der Waals surface area contributed by atoms with Crippen molar-refractivity contribution in [3.63, 3.8) is 0 Å². The Morgan fingerprint density at radius 1 is 1.33 bits per heavy atom. The van der Waals surface area contributed by atoms with Gasteiger partial charge in [-0.05, 0) is 49.6 Å². The molecule has 3 rings (SSSR count). The second-order valence-electron chi connectivity index (χ2n) is 6.04. The van der Waals surface area contributed by atoms with E-state index in [-0.39, 0.29) is 17.5 Å². The first kappa shape index (κ1) is 16.6. The zero-order valence-corrected chi connectivity index (χ0v) is 14.2. The summed E-state index contributed by atoms with van der Waals surface area (Å²) in [4.78, 5) is 26.2. The molecule has 6 heteroatoms. The number of nitrogens with zero attached hydrogens (tertiary/aromatic N) is 1. The molecule has 1 aliphatic rings. The van der Waals surface area contributed by atoms with Crippen LogP contribution in [0.15, 0.2) is 35.7 Å². The summed E-state index contributed by atoms with van der Waals surface area (Å²) < 4.78 is 13.0. The van der Waals surface area contributed by atoms with Crippen molar-refractivity contribution in [2.45, 2.75) is 13.3 Å². The molecule has 1 aliphatic heterocycles. The maximum Gasteiger partial charge on any atom is 0.261 e. The summed E-state index contributed by atoms with van der Waals surface area (Å²) in [7, 11) is 0. The van der Waals surface area contributed by atoms with Gasteiger partial charge in [-0.15, -0.1) is 11.3 Å². The molecule has 0 spiro atoms. The van der Waals surface area contributed by atoms with Gasteiger partial charge in [-0.1, -0.05) is 0 Å². The lowest BCUT2D eigenvalue weighted by atomic mass is 10.1. The number of hydrogen-bond acceptors (Lipinski definition) is 4. The van der Waals surface area contributed by atoms with Gasteiger partial charge in [-0.2, -0.15) is 0 Å². The molecule has 0 saturated carbocycles. The van der Waals surface area contributed by atoms with E-state index in [1.807, 2.05) is 0 Å². The van der Waals surface area contributed by atoms with Crippen LogP contribution in [-0.2, 0) is 0 Å². The summed E-state index contributed by atoms with van der Waals surface area (Å²) in [6.45, 7) is 3.84. The van der Waals surface area contributed by atoms with Crippen LogP contribution in [0.4, 0.5) is 10.1 Å². The Morgan fingerprint density at radius 2 is 2.08 bits per heavy atom. The smallest absolute Gasteiger partial charge is 0.261 e. The Balaban J connectivity index is 1.51. The van der Waals surface area contributed by atoms with Gasteiger partial charge in [0, 0.05) is 36.3 Å². The van der Waals surface area contributed by atoms with Crippen LogP contribution in [0.2, 0.25) is 0 Å². The number of nitrogens with one attached hydrogen (secondary N) is 1. The molecular weight excluding hydrogens is 327 g/mol. The lowest BCUT2D eigenvalue weighted by Crippen LogP contribution is -2.30. The highest BCUT2D eigenvalue weighted by Gasteiger charge is 2.23. The maximum atomic E-state index is 13.0. The van der Waals surface area contributed by atoms with Crippen LogP contribution in [-0.4, -0.2) is 31.3 Å². The Kier molecular flexibility index (Phi) is 4.94. The van der Waals surface area contributed by atoms with Gasteiger partial charge in [0.15, 0.2) is 5.78 Å². The fourth-order valence-corrected chi connectivity index (χ4v) is 3.71. The Morgan fingerprint density at radius 3 is 2.75 bits per heavy atom. The molecule has 24 heavy (non-hydrogen) atoms. The van der Waals surface area contributed by atoms with Crippen molar-refractivity contribution < 1.29 is 14.0 Å². The Labute approximate surface area is 144 Å². The normalized spacial score (nSPS) is 17.1. The number of rotatable bonds is 5. The van der Waals surface area contributed by atoms with Gasteiger partial charge in [-0.25, -0.2) is 4.39 Å². The summed E-state index contributed by atoms with van der Waals surface area (Å²) in [6.07, 6.45) is 0.987. The molecule has 1 amide bonds. The van der Waals surface area contributed by atoms with Crippen LogP contribution in [0.1, 0.15) is 33.4 Å². The molecule has 1 fully saturated rings. The second-order valence-corrected chi connectivity index (χ2v) is 6.95. The molecule has 1 unspecified atom stereocenters. The van der Waals surface area contributed by atoms with Crippen molar-refractivity contribution in [2.24, 2.45) is 5.92 Å². The quantitative estimate of drug-likeness (QED) is 0.845. The van der Waals surface area contributed by atoms with E-state index in [2.05, 4.69) is 10.2 Å². The van der Waals surface area contributed by atoms with E-state index in [0.29, 0.717) is 22.9 Å². The molecule has 0 radical (unpaired) electrons. The molecule has 1 saturated heterocycles. The third-order valence-corrected chi connectivity index (χ3v) is 5.19. The lowest BCUT2D eigenvalue weighted by molar-refractivity contribution is 0.0952. The highest BCUT2D eigenvalue weighted by molar-refractivity contribution is 7.12. The van der Waals surface area contributed by atoms with Crippen LogP contribution in [0.5, 0.6) is 0 Å². The number of hydrogen-bond donors (Lipinski definition) is 1. The topological polar surface area (TPSA) is 49.4 Å². The van der Waals surface area contributed by atoms with Crippen molar-refractivity contribution in [3.05, 3.63) is 52.0 Å². The summed E-state index contributed by atoms with van der Waals surface area (Å²) in [5.74, 6) is -0.0300. The molecule has 1 aromatic carbocycles. The van der Waals surface area contributed by atoms with Crippen LogP contribution in [0.25, 0.3) is 0 Å². The van der Waals surface area contributed by atoms with Crippen molar-refractivity contribution >= 4 is 28.7 Å². The SMILES string of the molecule is CC(=O)c1csc(C(=O)NCC2CCN(c3ccc(F)cc3)C2)c1. The predicted molar refractivity (Wildman–Crippen MR) is 93.4 cm³/mol. The number of halogens is 1. The highest BCUT2D eigenvalue weighted by atomic mass is 32.1. The zero-order chi connectivity index (χ0) is 17.1. The first-order valence-electron chi connectivity index (χ1n) is 7.91. The van der Waals surface area contributed by atoms with Crippen LogP contribution < -0.4 is 10.2 Å². The molecule has 4 nitrogen and oxygen atoms in total. The minimum Gasteiger partial charge on any atom is -0.371 e. The molecule has 1 N–H and O–H groups in total. The number of anilines is 1. The number of amides is 1. The molecule has 2 heterocycles. The van der Waals surface area contributed by atoms with Crippen molar-refractivity contribution in [3.8, 4) is 0 Å². The fourth-order valence-electron chi connectivity index (χ4n) is 2.85. The first-order chi connectivity index (χ1) is 11.5. The molecule has 0 bridgehead atoms. The molecule has 1 aromatic heterocycles. The van der Waals surface area contributed by atoms with Gasteiger partial charge in [0.2, 0.25) is 0 Å². The average Bonchev–Trinajstić information content (AvgIpc) is 3.23. The monoisotopic (exact) mass is 346 g/mol.